The summed E-state index contributed by atoms with van der Waals surface area (Å²) in [5.41, 5.74) is 5.37. The molecule has 3 N–H and O–H groups in total. The van der Waals surface area contributed by atoms with Crippen molar-refractivity contribution in [2.45, 2.75) is 9.79 Å². The molecule has 0 unspecified atom stereocenters. The van der Waals surface area contributed by atoms with E-state index < -0.39 is 40.0 Å². The zero-order chi connectivity index (χ0) is 23.8. The lowest BCUT2D eigenvalue weighted by Crippen LogP contribution is -2.24. The Morgan fingerprint density at radius 1 is 0.879 bits per heavy atom. The molecule has 0 aliphatic carbocycles. The van der Waals surface area contributed by atoms with E-state index in [0.717, 1.165) is 6.07 Å². The molecule has 0 radical (unpaired) electrons. The molecule has 1 aliphatic rings. The summed E-state index contributed by atoms with van der Waals surface area (Å²) in [4.78, 5) is 48.3. The van der Waals surface area contributed by atoms with Crippen LogP contribution in [0.3, 0.4) is 0 Å². The molecule has 10 heteroatoms. The van der Waals surface area contributed by atoms with Crippen molar-refractivity contribution in [1.29, 1.82) is 0 Å². The van der Waals surface area contributed by atoms with Crippen molar-refractivity contribution in [3.05, 3.63) is 89.0 Å². The molecular formula is C23H16N2O7S. The van der Waals surface area contributed by atoms with Crippen molar-refractivity contribution in [2.75, 3.05) is 11.9 Å². The Bertz CT molecular complexity index is 1440. The van der Waals surface area contributed by atoms with Gasteiger partial charge in [-0.3, -0.25) is 14.4 Å². The Morgan fingerprint density at radius 3 is 2.30 bits per heavy atom. The molecule has 0 bridgehead atoms. The van der Waals surface area contributed by atoms with Gasteiger partial charge in [0.2, 0.25) is 9.84 Å². The second kappa shape index (κ2) is 8.32. The number of nitrogens with one attached hydrogen (secondary N) is 1. The first-order valence-corrected chi connectivity index (χ1v) is 11.1. The number of ether oxygens (including phenoxy) is 1. The van der Waals surface area contributed by atoms with Crippen molar-refractivity contribution in [3.8, 4) is 0 Å². The van der Waals surface area contributed by atoms with Crippen LogP contribution < -0.4 is 11.1 Å². The van der Waals surface area contributed by atoms with Gasteiger partial charge in [-0.15, -0.1) is 0 Å². The van der Waals surface area contributed by atoms with Crippen molar-refractivity contribution >= 4 is 39.1 Å². The molecule has 0 saturated carbocycles. The summed E-state index contributed by atoms with van der Waals surface area (Å²) in [7, 11) is -4.03. The fraction of sp³-hybridized carbons (Fsp3) is 0.0435. The standard InChI is InChI=1S/C23H16N2O7S/c24-22(28)14-5-1-3-7-17(14)25-20(26)12-32-23(29)13-9-10-16-19(11-13)33(30,31)18-8-4-2-6-15(18)21(16)27/h1-11H,12H2,(H2,24,28)(H,25,26). The number of fused-ring (bicyclic) bond motifs is 2. The first kappa shape index (κ1) is 21.9. The van der Waals surface area contributed by atoms with Gasteiger partial charge in [0.1, 0.15) is 0 Å². The number of nitrogens with two attached hydrogens (primary N) is 1. The van der Waals surface area contributed by atoms with E-state index in [-0.39, 0.29) is 37.7 Å². The lowest BCUT2D eigenvalue weighted by atomic mass is 10.0. The van der Waals surface area contributed by atoms with Crippen LogP contribution in [0.1, 0.15) is 36.6 Å². The molecule has 0 atom stereocenters. The van der Waals surface area contributed by atoms with E-state index in [0.29, 0.717) is 0 Å². The number of primary amides is 1. The predicted octanol–water partition coefficient (Wildman–Crippen LogP) is 1.96. The highest BCUT2D eigenvalue weighted by Gasteiger charge is 2.35. The van der Waals surface area contributed by atoms with Crippen LogP contribution in [0, 0.1) is 0 Å². The average Bonchev–Trinajstić information content (AvgIpc) is 2.81. The Kier molecular flexibility index (Phi) is 5.52. The summed E-state index contributed by atoms with van der Waals surface area (Å²) in [6, 6.07) is 15.4. The Labute approximate surface area is 188 Å². The van der Waals surface area contributed by atoms with E-state index in [4.69, 9.17) is 10.5 Å². The Morgan fingerprint density at radius 2 is 1.55 bits per heavy atom. The van der Waals surface area contributed by atoms with Crippen molar-refractivity contribution in [1.82, 2.24) is 0 Å². The zero-order valence-corrected chi connectivity index (χ0v) is 17.7. The summed E-state index contributed by atoms with van der Waals surface area (Å²) < 4.78 is 30.9. The molecule has 0 saturated heterocycles. The molecule has 1 aliphatic heterocycles. The third-order valence-corrected chi connectivity index (χ3v) is 6.83. The number of para-hydroxylation sites is 1. The Hall–Kier alpha value is -4.31. The minimum Gasteiger partial charge on any atom is -0.452 e. The van der Waals surface area contributed by atoms with Gasteiger partial charge >= 0.3 is 5.97 Å². The molecule has 3 aromatic carbocycles. The lowest BCUT2D eigenvalue weighted by Gasteiger charge is -2.19. The van der Waals surface area contributed by atoms with Gasteiger partial charge in [0.15, 0.2) is 12.4 Å². The highest BCUT2D eigenvalue weighted by atomic mass is 32.2. The van der Waals surface area contributed by atoms with E-state index >= 15 is 0 Å². The molecule has 9 nitrogen and oxygen atoms in total. The maximum Gasteiger partial charge on any atom is 0.338 e. The van der Waals surface area contributed by atoms with Gasteiger partial charge in [-0.05, 0) is 42.5 Å². The number of ketones is 1. The number of sulfone groups is 1. The largest absolute Gasteiger partial charge is 0.452 e. The highest BCUT2D eigenvalue weighted by Crippen LogP contribution is 2.34. The highest BCUT2D eigenvalue weighted by molar-refractivity contribution is 7.91. The van der Waals surface area contributed by atoms with Crippen molar-refractivity contribution in [3.63, 3.8) is 0 Å². The van der Waals surface area contributed by atoms with Gasteiger partial charge in [0.25, 0.3) is 11.8 Å². The monoisotopic (exact) mass is 464 g/mol. The van der Waals surface area contributed by atoms with Crippen LogP contribution >= 0.6 is 0 Å². The van der Waals surface area contributed by atoms with E-state index in [1.54, 1.807) is 18.2 Å². The molecule has 2 amide bonds. The number of anilines is 1. The number of benzene rings is 3. The smallest absolute Gasteiger partial charge is 0.338 e. The van der Waals surface area contributed by atoms with Gasteiger partial charge in [0, 0.05) is 11.1 Å². The average molecular weight is 464 g/mol. The molecule has 1 heterocycles. The van der Waals surface area contributed by atoms with E-state index in [2.05, 4.69) is 5.32 Å². The summed E-state index contributed by atoms with van der Waals surface area (Å²) in [5, 5.41) is 2.42. The number of amides is 2. The number of carbonyl (C=O) groups excluding carboxylic acids is 4. The van der Waals surface area contributed by atoms with Crippen LogP contribution in [-0.2, 0) is 19.4 Å². The number of rotatable bonds is 5. The third kappa shape index (κ3) is 3.99. The molecule has 166 valence electrons. The Balaban J connectivity index is 1.52. The molecule has 0 aromatic heterocycles. The van der Waals surface area contributed by atoms with Crippen LogP contribution in [0.5, 0.6) is 0 Å². The lowest BCUT2D eigenvalue weighted by molar-refractivity contribution is -0.119. The first-order chi connectivity index (χ1) is 15.7. The molecule has 4 rings (SSSR count). The van der Waals surface area contributed by atoms with E-state index in [1.807, 2.05) is 0 Å². The maximum absolute atomic E-state index is 13.0. The van der Waals surface area contributed by atoms with Gasteiger partial charge in [-0.2, -0.15) is 0 Å². The SMILES string of the molecule is NC(=O)c1ccccc1NC(=O)COC(=O)c1ccc2c(c1)S(=O)(=O)c1ccccc1C2=O. The number of carbonyl (C=O) groups is 4. The predicted molar refractivity (Wildman–Crippen MR) is 116 cm³/mol. The van der Waals surface area contributed by atoms with Crippen LogP contribution in [0.2, 0.25) is 0 Å². The quantitative estimate of drug-likeness (QED) is 0.429. The molecule has 0 fully saturated rings. The van der Waals surface area contributed by atoms with Crippen LogP contribution in [0.15, 0.2) is 76.5 Å². The normalized spacial score (nSPS) is 13.4. The summed E-state index contributed by atoms with van der Waals surface area (Å²) in [6.07, 6.45) is 0. The molecule has 0 spiro atoms. The van der Waals surface area contributed by atoms with Gasteiger partial charge < -0.3 is 15.8 Å². The summed E-state index contributed by atoms with van der Waals surface area (Å²) >= 11 is 0. The first-order valence-electron chi connectivity index (χ1n) is 9.59. The second-order valence-electron chi connectivity index (χ2n) is 7.07. The minimum atomic E-state index is -4.03. The zero-order valence-electron chi connectivity index (χ0n) is 16.9. The van der Waals surface area contributed by atoms with Crippen LogP contribution in [0.4, 0.5) is 5.69 Å². The topological polar surface area (TPSA) is 150 Å². The number of hydrogen-bond donors (Lipinski definition) is 2. The van der Waals surface area contributed by atoms with Crippen molar-refractivity contribution in [2.24, 2.45) is 5.73 Å². The van der Waals surface area contributed by atoms with Gasteiger partial charge in [-0.1, -0.05) is 24.3 Å². The fourth-order valence-corrected chi connectivity index (χ4v) is 5.10. The van der Waals surface area contributed by atoms with E-state index in [9.17, 15) is 27.6 Å². The van der Waals surface area contributed by atoms with Crippen LogP contribution in [0.25, 0.3) is 0 Å². The second-order valence-corrected chi connectivity index (χ2v) is 8.96. The number of hydrogen-bond acceptors (Lipinski definition) is 7. The van der Waals surface area contributed by atoms with Gasteiger partial charge in [0.05, 0.1) is 26.6 Å². The van der Waals surface area contributed by atoms with Crippen LogP contribution in [-0.4, -0.2) is 38.6 Å². The summed E-state index contributed by atoms with van der Waals surface area (Å²) in [6.45, 7) is -0.697. The third-order valence-electron chi connectivity index (χ3n) is 4.97. The number of esters is 1. The summed E-state index contributed by atoms with van der Waals surface area (Å²) in [5.74, 6) is -2.90. The van der Waals surface area contributed by atoms with Crippen molar-refractivity contribution < 1.29 is 32.3 Å². The van der Waals surface area contributed by atoms with Gasteiger partial charge in [-0.25, -0.2) is 13.2 Å². The molecular weight excluding hydrogens is 448 g/mol. The fourth-order valence-electron chi connectivity index (χ4n) is 3.42. The maximum atomic E-state index is 13.0. The molecule has 33 heavy (non-hydrogen) atoms. The van der Waals surface area contributed by atoms with E-state index in [1.165, 1.54) is 42.5 Å². The molecule has 3 aromatic rings. The minimum absolute atomic E-state index is 0.0500.